The lowest BCUT2D eigenvalue weighted by atomic mass is 10.1. The summed E-state index contributed by atoms with van der Waals surface area (Å²) in [6.45, 7) is 3.33. The second-order valence-corrected chi connectivity index (χ2v) is 4.51. The van der Waals surface area contributed by atoms with Gasteiger partial charge in [-0.1, -0.05) is 15.9 Å². The first kappa shape index (κ1) is 12.3. The molecule has 1 heterocycles. The number of methoxy groups -OCH3 is 1. The number of allylic oxidation sites excluding steroid dienone is 2. The van der Waals surface area contributed by atoms with Crippen LogP contribution in [0.25, 0.3) is 0 Å². The minimum Gasteiger partial charge on any atom is -0.467 e. The number of nitrogens with one attached hydrogen (secondary N) is 1. The average molecular weight is 276 g/mol. The second kappa shape index (κ2) is 4.81. The number of ether oxygens (including phenoxy) is 2. The van der Waals surface area contributed by atoms with E-state index in [1.165, 1.54) is 7.11 Å². The van der Waals surface area contributed by atoms with Crippen molar-refractivity contribution in [1.29, 1.82) is 0 Å². The van der Waals surface area contributed by atoms with Crippen molar-refractivity contribution in [2.75, 3.05) is 7.11 Å². The van der Waals surface area contributed by atoms with Crippen molar-refractivity contribution in [1.82, 2.24) is 5.32 Å². The highest BCUT2D eigenvalue weighted by molar-refractivity contribution is 9.11. The largest absolute Gasteiger partial charge is 0.467 e. The van der Waals surface area contributed by atoms with Crippen LogP contribution in [0.1, 0.15) is 13.8 Å². The molecule has 1 atom stereocenters. The van der Waals surface area contributed by atoms with E-state index in [0.29, 0.717) is 0 Å². The summed E-state index contributed by atoms with van der Waals surface area (Å²) in [5, 5.41) is 2.97. The quantitative estimate of drug-likeness (QED) is 0.797. The van der Waals surface area contributed by atoms with Gasteiger partial charge in [-0.2, -0.15) is 0 Å². The molecule has 4 nitrogen and oxygen atoms in total. The van der Waals surface area contributed by atoms with Crippen molar-refractivity contribution in [3.63, 3.8) is 0 Å². The number of carbonyl (C=O) groups excluding carboxylic acids is 1. The van der Waals surface area contributed by atoms with Gasteiger partial charge in [0.1, 0.15) is 6.23 Å². The third-order valence-electron chi connectivity index (χ3n) is 1.91. The van der Waals surface area contributed by atoms with Gasteiger partial charge >= 0.3 is 5.97 Å². The maximum atomic E-state index is 11.4. The number of rotatable bonds is 3. The Hall–Kier alpha value is -0.810. The number of esters is 1. The molecule has 0 spiro atoms. The molecule has 0 aromatic carbocycles. The molecule has 0 fully saturated rings. The smallest absolute Gasteiger partial charge is 0.337 e. The molecular formula is C10H14BrNO3. The molecule has 15 heavy (non-hydrogen) atoms. The Morgan fingerprint density at radius 3 is 2.80 bits per heavy atom. The third-order valence-corrected chi connectivity index (χ3v) is 2.44. The van der Waals surface area contributed by atoms with Crippen LogP contribution in [0.3, 0.4) is 0 Å². The maximum Gasteiger partial charge on any atom is 0.337 e. The van der Waals surface area contributed by atoms with Crippen molar-refractivity contribution in [2.24, 2.45) is 0 Å². The Morgan fingerprint density at radius 1 is 1.60 bits per heavy atom. The van der Waals surface area contributed by atoms with Gasteiger partial charge in [-0.25, -0.2) is 4.79 Å². The number of halogens is 1. The van der Waals surface area contributed by atoms with Crippen LogP contribution in [0, 0.1) is 0 Å². The Balaban J connectivity index is 2.62. The van der Waals surface area contributed by atoms with Gasteiger partial charge in [-0.05, 0) is 32.2 Å². The number of dihydropyridines is 1. The van der Waals surface area contributed by atoms with Crippen molar-refractivity contribution >= 4 is 21.9 Å². The molecule has 0 amide bonds. The molecule has 1 rings (SSSR count). The molecule has 1 unspecified atom stereocenters. The zero-order valence-corrected chi connectivity index (χ0v) is 10.5. The van der Waals surface area contributed by atoms with E-state index in [1.54, 1.807) is 20.0 Å². The summed E-state index contributed by atoms with van der Waals surface area (Å²) in [5.74, 6) is -0.400. The van der Waals surface area contributed by atoms with Crippen LogP contribution in [0.2, 0.25) is 0 Å². The van der Waals surface area contributed by atoms with E-state index in [2.05, 4.69) is 26.0 Å². The number of hydrogen-bond donors (Lipinski definition) is 1. The van der Waals surface area contributed by atoms with E-state index in [-0.39, 0.29) is 6.23 Å². The summed E-state index contributed by atoms with van der Waals surface area (Å²) in [6.07, 6.45) is 5.09. The lowest BCUT2D eigenvalue weighted by molar-refractivity contribution is -0.170. The predicted octanol–water partition coefficient (Wildman–Crippen LogP) is 1.68. The lowest BCUT2D eigenvalue weighted by Gasteiger charge is -2.28. The average Bonchev–Trinajstić information content (AvgIpc) is 2.15. The van der Waals surface area contributed by atoms with Gasteiger partial charge in [0.25, 0.3) is 0 Å². The van der Waals surface area contributed by atoms with Gasteiger partial charge in [0.05, 0.1) is 7.11 Å². The summed E-state index contributed by atoms with van der Waals surface area (Å²) in [6, 6.07) is 0. The lowest BCUT2D eigenvalue weighted by Crippen LogP contribution is -2.43. The summed E-state index contributed by atoms with van der Waals surface area (Å²) in [4.78, 5) is 11.4. The van der Waals surface area contributed by atoms with Gasteiger partial charge in [0.2, 0.25) is 0 Å². The maximum absolute atomic E-state index is 11.4. The summed E-state index contributed by atoms with van der Waals surface area (Å²) in [5.41, 5.74) is -0.971. The molecule has 0 saturated heterocycles. The molecule has 0 bridgehead atoms. The summed E-state index contributed by atoms with van der Waals surface area (Å²) >= 11 is 3.33. The molecule has 0 aliphatic carbocycles. The first-order valence-corrected chi connectivity index (χ1v) is 5.31. The highest BCUT2D eigenvalue weighted by atomic mass is 79.9. The highest BCUT2D eigenvalue weighted by Crippen LogP contribution is 2.18. The van der Waals surface area contributed by atoms with Crippen molar-refractivity contribution in [3.05, 3.63) is 22.8 Å². The second-order valence-electron chi connectivity index (χ2n) is 3.59. The van der Waals surface area contributed by atoms with E-state index in [1.807, 2.05) is 12.2 Å². The Morgan fingerprint density at radius 2 is 2.27 bits per heavy atom. The van der Waals surface area contributed by atoms with Crippen LogP contribution in [-0.4, -0.2) is 24.9 Å². The molecule has 5 heteroatoms. The molecule has 0 aromatic rings. The molecule has 0 radical (unpaired) electrons. The van der Waals surface area contributed by atoms with Crippen molar-refractivity contribution in [3.8, 4) is 0 Å². The van der Waals surface area contributed by atoms with Crippen LogP contribution in [0.5, 0.6) is 0 Å². The summed E-state index contributed by atoms with van der Waals surface area (Å²) < 4.78 is 11.1. The Kier molecular flexibility index (Phi) is 3.93. The molecular weight excluding hydrogens is 262 g/mol. The third kappa shape index (κ3) is 3.35. The Bertz CT molecular complexity index is 310. The molecule has 1 N–H and O–H groups in total. The van der Waals surface area contributed by atoms with Crippen LogP contribution in [-0.2, 0) is 14.3 Å². The molecule has 84 valence electrons. The minimum absolute atomic E-state index is 0.335. The van der Waals surface area contributed by atoms with Gasteiger partial charge in [0.15, 0.2) is 5.60 Å². The fourth-order valence-corrected chi connectivity index (χ4v) is 1.52. The standard InChI is InChI=1S/C10H14BrNO3/c1-10(2,9(13)14-3)15-8-6-7(11)4-5-12-8/h4-6,8,12H,1-3H3. The van der Waals surface area contributed by atoms with Crippen LogP contribution >= 0.6 is 15.9 Å². The zero-order chi connectivity index (χ0) is 11.5. The highest BCUT2D eigenvalue weighted by Gasteiger charge is 2.32. The van der Waals surface area contributed by atoms with Gasteiger partial charge in [-0.15, -0.1) is 0 Å². The van der Waals surface area contributed by atoms with Crippen molar-refractivity contribution in [2.45, 2.75) is 25.7 Å². The van der Waals surface area contributed by atoms with E-state index >= 15 is 0 Å². The van der Waals surface area contributed by atoms with Gasteiger partial charge in [0, 0.05) is 4.48 Å². The SMILES string of the molecule is COC(=O)C(C)(C)OC1C=C(Br)C=CN1. The number of carbonyl (C=O) groups is 1. The molecule has 1 aliphatic rings. The summed E-state index contributed by atoms with van der Waals surface area (Å²) in [7, 11) is 1.34. The minimum atomic E-state index is -0.971. The topological polar surface area (TPSA) is 47.6 Å². The van der Waals surface area contributed by atoms with Gasteiger partial charge in [-0.3, -0.25) is 0 Å². The van der Waals surface area contributed by atoms with E-state index in [9.17, 15) is 4.79 Å². The number of hydrogen-bond acceptors (Lipinski definition) is 4. The van der Waals surface area contributed by atoms with E-state index in [4.69, 9.17) is 4.74 Å². The molecule has 0 saturated carbocycles. The predicted molar refractivity (Wildman–Crippen MR) is 60.3 cm³/mol. The molecule has 0 aromatic heterocycles. The zero-order valence-electron chi connectivity index (χ0n) is 8.91. The molecule has 1 aliphatic heterocycles. The monoisotopic (exact) mass is 275 g/mol. The van der Waals surface area contributed by atoms with E-state index in [0.717, 1.165) is 4.48 Å². The first-order valence-electron chi connectivity index (χ1n) is 4.52. The van der Waals surface area contributed by atoms with Crippen LogP contribution in [0.4, 0.5) is 0 Å². The van der Waals surface area contributed by atoms with E-state index < -0.39 is 11.6 Å². The fourth-order valence-electron chi connectivity index (χ4n) is 1.15. The van der Waals surface area contributed by atoms with Gasteiger partial charge < -0.3 is 14.8 Å². The van der Waals surface area contributed by atoms with Crippen LogP contribution in [0.15, 0.2) is 22.8 Å². The van der Waals surface area contributed by atoms with Crippen molar-refractivity contribution < 1.29 is 14.3 Å². The normalized spacial score (nSPS) is 20.5. The Labute approximate surface area is 97.4 Å². The fraction of sp³-hybridized carbons (Fsp3) is 0.500. The first-order chi connectivity index (χ1) is 6.95. The van der Waals surface area contributed by atoms with Crippen LogP contribution < -0.4 is 5.32 Å².